The van der Waals surface area contributed by atoms with Crippen molar-refractivity contribution in [1.82, 2.24) is 10.2 Å². The number of nitrogens with zero attached hydrogens (tertiary/aromatic N) is 1. The molecule has 3 N–H and O–H groups in total. The van der Waals surface area contributed by atoms with Crippen molar-refractivity contribution in [2.45, 2.75) is 38.3 Å². The fourth-order valence-electron chi connectivity index (χ4n) is 1.71. The fourth-order valence-corrected chi connectivity index (χ4v) is 1.71. The van der Waals surface area contributed by atoms with Crippen molar-refractivity contribution in [3.8, 4) is 0 Å². The highest BCUT2D eigenvalue weighted by atomic mass is 16.5. The lowest BCUT2D eigenvalue weighted by atomic mass is 10.1. The number of hydrogen-bond donors (Lipinski definition) is 3. The molecule has 2 amide bonds. The largest absolute Gasteiger partial charge is 0.481 e. The van der Waals surface area contributed by atoms with Gasteiger partial charge in [0, 0.05) is 20.2 Å². The number of nitrogens with one attached hydrogen (secondary N) is 1. The van der Waals surface area contributed by atoms with Gasteiger partial charge in [0.15, 0.2) is 0 Å². The lowest BCUT2D eigenvalue weighted by Gasteiger charge is -2.24. The van der Waals surface area contributed by atoms with Crippen LogP contribution in [-0.2, 0) is 9.53 Å². The average Bonchev–Trinajstić information content (AvgIpc) is 2.28. The number of carboxylic acids is 1. The van der Waals surface area contributed by atoms with Crippen LogP contribution < -0.4 is 5.32 Å². The van der Waals surface area contributed by atoms with E-state index in [0.29, 0.717) is 6.42 Å². The van der Waals surface area contributed by atoms with Gasteiger partial charge in [0.05, 0.1) is 25.7 Å². The van der Waals surface area contributed by atoms with Gasteiger partial charge < -0.3 is 25.2 Å². The smallest absolute Gasteiger partial charge is 0.317 e. The minimum absolute atomic E-state index is 0.103. The van der Waals surface area contributed by atoms with E-state index in [0.717, 1.165) is 6.42 Å². The van der Waals surface area contributed by atoms with Crippen molar-refractivity contribution in [1.29, 1.82) is 0 Å². The molecule has 0 bridgehead atoms. The van der Waals surface area contributed by atoms with Gasteiger partial charge in [0.1, 0.15) is 0 Å². The number of hydrogen-bond acceptors (Lipinski definition) is 4. The Balaban J connectivity index is 4.25. The second-order valence-electron chi connectivity index (χ2n) is 4.52. The molecule has 0 radical (unpaired) electrons. The zero-order valence-corrected chi connectivity index (χ0v) is 11.8. The molecule has 0 spiro atoms. The molecule has 0 aliphatic carbocycles. The van der Waals surface area contributed by atoms with Crippen molar-refractivity contribution < 1.29 is 24.5 Å². The van der Waals surface area contributed by atoms with Gasteiger partial charge in [-0.25, -0.2) is 4.79 Å². The summed E-state index contributed by atoms with van der Waals surface area (Å²) in [5.41, 5.74) is 0. The van der Waals surface area contributed by atoms with Crippen LogP contribution in [0.25, 0.3) is 0 Å². The standard InChI is InChI=1S/C12H24N2O5/c1-4-5-9(6-11(16)17)13-12(18)14(2)7-10(15)8-19-3/h9-10,15H,4-8H2,1-3H3,(H,13,18)(H,16,17). The van der Waals surface area contributed by atoms with Crippen molar-refractivity contribution in [3.63, 3.8) is 0 Å². The monoisotopic (exact) mass is 276 g/mol. The summed E-state index contributed by atoms with van der Waals surface area (Å²) in [6.45, 7) is 2.20. The minimum atomic E-state index is -0.944. The van der Waals surface area contributed by atoms with Crippen LogP contribution in [-0.4, -0.2) is 66.6 Å². The number of likely N-dealkylation sites (N-methyl/N-ethyl adjacent to an activating group) is 1. The van der Waals surface area contributed by atoms with E-state index < -0.39 is 24.1 Å². The highest BCUT2D eigenvalue weighted by molar-refractivity contribution is 5.75. The molecule has 7 heteroatoms. The number of urea groups is 1. The Morgan fingerprint density at radius 2 is 2.05 bits per heavy atom. The average molecular weight is 276 g/mol. The first-order valence-corrected chi connectivity index (χ1v) is 6.31. The summed E-state index contributed by atoms with van der Waals surface area (Å²) in [6, 6.07) is -0.785. The number of aliphatic hydroxyl groups is 1. The summed E-state index contributed by atoms with van der Waals surface area (Å²) in [6.07, 6.45) is 0.527. The fraction of sp³-hybridized carbons (Fsp3) is 0.833. The van der Waals surface area contributed by atoms with Crippen LogP contribution in [0.5, 0.6) is 0 Å². The third kappa shape index (κ3) is 8.39. The molecule has 0 saturated carbocycles. The molecule has 0 rings (SSSR count). The normalized spacial score (nSPS) is 13.7. The van der Waals surface area contributed by atoms with Crippen molar-refractivity contribution in [2.24, 2.45) is 0 Å². The molecular formula is C12H24N2O5. The summed E-state index contributed by atoms with van der Waals surface area (Å²) in [5.74, 6) is -0.944. The van der Waals surface area contributed by atoms with Crippen LogP contribution in [0.15, 0.2) is 0 Å². The van der Waals surface area contributed by atoms with Crippen molar-refractivity contribution in [3.05, 3.63) is 0 Å². The maximum Gasteiger partial charge on any atom is 0.317 e. The van der Waals surface area contributed by atoms with E-state index in [9.17, 15) is 14.7 Å². The first-order valence-electron chi connectivity index (χ1n) is 6.31. The molecule has 19 heavy (non-hydrogen) atoms. The Bertz CT molecular complexity index is 285. The van der Waals surface area contributed by atoms with Gasteiger partial charge in [-0.15, -0.1) is 0 Å². The van der Waals surface area contributed by atoms with E-state index in [1.807, 2.05) is 6.92 Å². The Hall–Kier alpha value is -1.34. The topological polar surface area (TPSA) is 99.1 Å². The van der Waals surface area contributed by atoms with E-state index in [-0.39, 0.29) is 19.6 Å². The number of aliphatic carboxylic acids is 1. The van der Waals surface area contributed by atoms with Crippen LogP contribution in [0.4, 0.5) is 4.79 Å². The van der Waals surface area contributed by atoms with Gasteiger partial charge in [-0.3, -0.25) is 4.79 Å². The Kier molecular flexibility index (Phi) is 8.90. The van der Waals surface area contributed by atoms with Crippen LogP contribution in [0.3, 0.4) is 0 Å². The molecule has 0 aromatic rings. The molecule has 0 aliphatic rings. The number of carbonyl (C=O) groups excluding carboxylic acids is 1. The zero-order valence-electron chi connectivity index (χ0n) is 11.8. The van der Waals surface area contributed by atoms with E-state index in [1.165, 1.54) is 19.1 Å². The van der Waals surface area contributed by atoms with Gasteiger partial charge in [0.2, 0.25) is 0 Å². The highest BCUT2D eigenvalue weighted by Crippen LogP contribution is 2.03. The maximum atomic E-state index is 11.8. The number of methoxy groups -OCH3 is 1. The highest BCUT2D eigenvalue weighted by Gasteiger charge is 2.19. The molecule has 2 atom stereocenters. The summed E-state index contributed by atoms with van der Waals surface area (Å²) >= 11 is 0. The predicted octanol–water partition coefficient (Wildman–Crippen LogP) is 0.279. The molecular weight excluding hydrogens is 252 g/mol. The van der Waals surface area contributed by atoms with Gasteiger partial charge in [-0.1, -0.05) is 13.3 Å². The van der Waals surface area contributed by atoms with E-state index in [2.05, 4.69) is 5.32 Å². The number of aliphatic hydroxyl groups excluding tert-OH is 1. The van der Waals surface area contributed by atoms with E-state index >= 15 is 0 Å². The van der Waals surface area contributed by atoms with Gasteiger partial charge in [0.25, 0.3) is 0 Å². The van der Waals surface area contributed by atoms with Crippen molar-refractivity contribution in [2.75, 3.05) is 27.3 Å². The zero-order chi connectivity index (χ0) is 14.8. The van der Waals surface area contributed by atoms with E-state index in [4.69, 9.17) is 9.84 Å². The van der Waals surface area contributed by atoms with Crippen LogP contribution in [0, 0.1) is 0 Å². The second-order valence-corrected chi connectivity index (χ2v) is 4.52. The molecule has 0 aromatic carbocycles. The van der Waals surface area contributed by atoms with Crippen molar-refractivity contribution >= 4 is 12.0 Å². The minimum Gasteiger partial charge on any atom is -0.481 e. The Morgan fingerprint density at radius 1 is 1.42 bits per heavy atom. The second kappa shape index (κ2) is 9.57. The summed E-state index contributed by atoms with van der Waals surface area (Å²) in [4.78, 5) is 23.8. The number of ether oxygens (including phenoxy) is 1. The van der Waals surface area contributed by atoms with Gasteiger partial charge >= 0.3 is 12.0 Å². The quantitative estimate of drug-likeness (QED) is 0.561. The van der Waals surface area contributed by atoms with Crippen LogP contribution in [0.1, 0.15) is 26.2 Å². The van der Waals surface area contributed by atoms with Crippen LogP contribution in [0.2, 0.25) is 0 Å². The molecule has 0 saturated heterocycles. The summed E-state index contributed by atoms with van der Waals surface area (Å²) in [5, 5.41) is 20.9. The van der Waals surface area contributed by atoms with Gasteiger partial charge in [-0.05, 0) is 6.42 Å². The molecule has 0 heterocycles. The molecule has 0 aromatic heterocycles. The van der Waals surface area contributed by atoms with Gasteiger partial charge in [-0.2, -0.15) is 0 Å². The molecule has 2 unspecified atom stereocenters. The first kappa shape index (κ1) is 17.7. The van der Waals surface area contributed by atoms with E-state index in [1.54, 1.807) is 0 Å². The molecule has 7 nitrogen and oxygen atoms in total. The first-order chi connectivity index (χ1) is 8.90. The molecule has 0 fully saturated rings. The number of carbonyl (C=O) groups is 2. The predicted molar refractivity (Wildman–Crippen MR) is 70.0 cm³/mol. The number of rotatable bonds is 9. The summed E-state index contributed by atoms with van der Waals surface area (Å²) < 4.78 is 4.77. The molecule has 112 valence electrons. The maximum absolute atomic E-state index is 11.8. The number of amides is 2. The SMILES string of the molecule is CCCC(CC(=O)O)NC(=O)N(C)CC(O)COC. The third-order valence-corrected chi connectivity index (χ3v) is 2.58. The Labute approximate surface area is 113 Å². The molecule has 0 aliphatic heterocycles. The third-order valence-electron chi connectivity index (χ3n) is 2.58. The lowest BCUT2D eigenvalue weighted by Crippen LogP contribution is -2.46. The summed E-state index contributed by atoms with van der Waals surface area (Å²) in [7, 11) is 3.01. The lowest BCUT2D eigenvalue weighted by molar-refractivity contribution is -0.137. The number of carboxylic acid groups (broad SMARTS) is 1. The van der Waals surface area contributed by atoms with Crippen LogP contribution >= 0.6 is 0 Å². The Morgan fingerprint density at radius 3 is 2.53 bits per heavy atom.